The summed E-state index contributed by atoms with van der Waals surface area (Å²) < 4.78 is 30.9. The normalized spacial score (nSPS) is 10.9. The molecule has 0 aliphatic carbocycles. The minimum Gasteiger partial charge on any atom is -0.490 e. The standard InChI is InChI=1S/C23H31ClFNO3/c1-3-5-12-27-13-8-11-26-16-18-14-20(24)23(22(15-18)28-4-2)29-17-19-9-6-7-10-21(19)25/h6-7,9-10,14-15,26H,3-5,8,11-13,16-17H2,1-2H3. The second-order valence-electron chi connectivity index (χ2n) is 6.71. The van der Waals surface area contributed by atoms with Crippen LogP contribution in [0.2, 0.25) is 5.02 Å². The first-order chi connectivity index (χ1) is 14.2. The van der Waals surface area contributed by atoms with Crippen LogP contribution in [0.1, 0.15) is 44.2 Å². The van der Waals surface area contributed by atoms with E-state index in [1.165, 1.54) is 6.07 Å². The van der Waals surface area contributed by atoms with E-state index in [1.54, 1.807) is 18.2 Å². The molecule has 0 radical (unpaired) electrons. The van der Waals surface area contributed by atoms with E-state index in [4.69, 9.17) is 25.8 Å². The molecule has 0 aliphatic rings. The molecule has 0 atom stereocenters. The molecule has 0 fully saturated rings. The van der Waals surface area contributed by atoms with Gasteiger partial charge in [-0.1, -0.05) is 43.1 Å². The Morgan fingerprint density at radius 3 is 2.59 bits per heavy atom. The van der Waals surface area contributed by atoms with Crippen molar-refractivity contribution in [3.8, 4) is 11.5 Å². The van der Waals surface area contributed by atoms with Gasteiger partial charge in [0.25, 0.3) is 0 Å². The second kappa shape index (κ2) is 13.4. The SMILES string of the molecule is CCCCOCCCNCc1cc(Cl)c(OCc2ccccc2F)c(OCC)c1. The highest BCUT2D eigenvalue weighted by Gasteiger charge is 2.14. The minimum absolute atomic E-state index is 0.0854. The van der Waals surface area contributed by atoms with Crippen LogP contribution in [0.4, 0.5) is 4.39 Å². The number of ether oxygens (including phenoxy) is 3. The highest BCUT2D eigenvalue weighted by atomic mass is 35.5. The minimum atomic E-state index is -0.305. The van der Waals surface area contributed by atoms with Crippen molar-refractivity contribution in [3.63, 3.8) is 0 Å². The van der Waals surface area contributed by atoms with Crippen LogP contribution in [0.15, 0.2) is 36.4 Å². The summed E-state index contributed by atoms with van der Waals surface area (Å²) in [6.07, 6.45) is 3.22. The van der Waals surface area contributed by atoms with Gasteiger partial charge in [-0.25, -0.2) is 4.39 Å². The molecule has 0 spiro atoms. The Hall–Kier alpha value is -1.82. The van der Waals surface area contributed by atoms with E-state index in [0.717, 1.165) is 44.6 Å². The average molecular weight is 424 g/mol. The first-order valence-electron chi connectivity index (χ1n) is 10.3. The van der Waals surface area contributed by atoms with E-state index in [0.29, 0.717) is 35.2 Å². The third-order valence-electron chi connectivity index (χ3n) is 4.31. The Labute approximate surface area is 178 Å². The molecule has 0 saturated carbocycles. The first-order valence-corrected chi connectivity index (χ1v) is 10.6. The zero-order valence-corrected chi connectivity index (χ0v) is 18.1. The monoisotopic (exact) mass is 423 g/mol. The van der Waals surface area contributed by atoms with Crippen molar-refractivity contribution >= 4 is 11.6 Å². The summed E-state index contributed by atoms with van der Waals surface area (Å²) in [4.78, 5) is 0. The maximum atomic E-state index is 13.8. The Kier molecular flexibility index (Phi) is 10.8. The van der Waals surface area contributed by atoms with Gasteiger partial charge in [-0.3, -0.25) is 0 Å². The van der Waals surface area contributed by atoms with E-state index < -0.39 is 0 Å². The number of benzene rings is 2. The fraction of sp³-hybridized carbons (Fsp3) is 0.478. The summed E-state index contributed by atoms with van der Waals surface area (Å²) in [5.74, 6) is 0.696. The first kappa shape index (κ1) is 23.5. The molecule has 6 heteroatoms. The fourth-order valence-corrected chi connectivity index (χ4v) is 3.06. The molecule has 4 nitrogen and oxygen atoms in total. The number of halogens is 2. The molecule has 2 aromatic carbocycles. The fourth-order valence-electron chi connectivity index (χ4n) is 2.77. The largest absolute Gasteiger partial charge is 0.490 e. The van der Waals surface area contributed by atoms with Crippen LogP contribution in [0.25, 0.3) is 0 Å². The number of hydrogen-bond donors (Lipinski definition) is 1. The van der Waals surface area contributed by atoms with Gasteiger partial charge in [0.15, 0.2) is 11.5 Å². The lowest BCUT2D eigenvalue weighted by Crippen LogP contribution is -2.16. The molecule has 2 rings (SSSR count). The number of rotatable bonds is 14. The lowest BCUT2D eigenvalue weighted by atomic mass is 10.2. The lowest BCUT2D eigenvalue weighted by molar-refractivity contribution is 0.129. The molecular weight excluding hydrogens is 393 g/mol. The number of unbranched alkanes of at least 4 members (excludes halogenated alkanes) is 1. The summed E-state index contributed by atoms with van der Waals surface area (Å²) in [6.45, 7) is 7.75. The number of hydrogen-bond acceptors (Lipinski definition) is 4. The smallest absolute Gasteiger partial charge is 0.180 e. The van der Waals surface area contributed by atoms with Gasteiger partial charge in [0.2, 0.25) is 0 Å². The molecule has 2 aromatic rings. The summed E-state index contributed by atoms with van der Waals surface area (Å²) in [7, 11) is 0. The van der Waals surface area contributed by atoms with Crippen molar-refractivity contribution in [2.24, 2.45) is 0 Å². The van der Waals surface area contributed by atoms with Gasteiger partial charge in [0, 0.05) is 25.3 Å². The van der Waals surface area contributed by atoms with Crippen LogP contribution in [-0.4, -0.2) is 26.4 Å². The molecule has 160 valence electrons. The van der Waals surface area contributed by atoms with E-state index in [-0.39, 0.29) is 12.4 Å². The highest BCUT2D eigenvalue weighted by molar-refractivity contribution is 6.32. The van der Waals surface area contributed by atoms with Crippen LogP contribution in [0.3, 0.4) is 0 Å². The lowest BCUT2D eigenvalue weighted by Gasteiger charge is -2.16. The van der Waals surface area contributed by atoms with Crippen LogP contribution in [-0.2, 0) is 17.9 Å². The summed E-state index contributed by atoms with van der Waals surface area (Å²) >= 11 is 6.44. The Morgan fingerprint density at radius 2 is 1.83 bits per heavy atom. The van der Waals surface area contributed by atoms with E-state index in [2.05, 4.69) is 12.2 Å². The highest BCUT2D eigenvalue weighted by Crippen LogP contribution is 2.37. The maximum Gasteiger partial charge on any atom is 0.180 e. The summed E-state index contributed by atoms with van der Waals surface area (Å²) in [5.41, 5.74) is 1.47. The third-order valence-corrected chi connectivity index (χ3v) is 4.59. The van der Waals surface area contributed by atoms with Gasteiger partial charge < -0.3 is 19.5 Å². The van der Waals surface area contributed by atoms with Gasteiger partial charge in [0.1, 0.15) is 12.4 Å². The van der Waals surface area contributed by atoms with Crippen molar-refractivity contribution in [2.75, 3.05) is 26.4 Å². The van der Waals surface area contributed by atoms with Crippen molar-refractivity contribution in [1.29, 1.82) is 0 Å². The van der Waals surface area contributed by atoms with E-state index in [9.17, 15) is 4.39 Å². The quantitative estimate of drug-likeness (QED) is 0.392. The van der Waals surface area contributed by atoms with E-state index in [1.807, 2.05) is 19.1 Å². The second-order valence-corrected chi connectivity index (χ2v) is 7.12. The zero-order chi connectivity index (χ0) is 20.9. The average Bonchev–Trinajstić information content (AvgIpc) is 2.71. The van der Waals surface area contributed by atoms with Gasteiger partial charge >= 0.3 is 0 Å². The van der Waals surface area contributed by atoms with Gasteiger partial charge in [0.05, 0.1) is 11.6 Å². The van der Waals surface area contributed by atoms with Gasteiger partial charge in [-0.2, -0.15) is 0 Å². The molecule has 0 saturated heterocycles. The van der Waals surface area contributed by atoms with Gasteiger partial charge in [-0.15, -0.1) is 0 Å². The van der Waals surface area contributed by atoms with Crippen LogP contribution in [0, 0.1) is 5.82 Å². The third kappa shape index (κ3) is 8.21. The maximum absolute atomic E-state index is 13.8. The molecule has 1 N–H and O–H groups in total. The Balaban J connectivity index is 1.90. The Morgan fingerprint density at radius 1 is 1.03 bits per heavy atom. The molecule has 0 bridgehead atoms. The number of nitrogens with one attached hydrogen (secondary N) is 1. The molecule has 29 heavy (non-hydrogen) atoms. The van der Waals surface area contributed by atoms with Crippen molar-refractivity contribution < 1.29 is 18.6 Å². The zero-order valence-electron chi connectivity index (χ0n) is 17.3. The molecular formula is C23H31ClFNO3. The summed E-state index contributed by atoms with van der Waals surface area (Å²) in [5, 5.41) is 3.84. The predicted molar refractivity (Wildman–Crippen MR) is 115 cm³/mol. The molecule has 0 amide bonds. The van der Waals surface area contributed by atoms with Crippen molar-refractivity contribution in [3.05, 3.63) is 58.4 Å². The Bertz CT molecular complexity index is 742. The van der Waals surface area contributed by atoms with Crippen LogP contribution in [0.5, 0.6) is 11.5 Å². The molecule has 0 aliphatic heterocycles. The molecule has 0 unspecified atom stereocenters. The van der Waals surface area contributed by atoms with Crippen LogP contribution >= 0.6 is 11.6 Å². The van der Waals surface area contributed by atoms with Crippen molar-refractivity contribution in [2.45, 2.75) is 46.3 Å². The summed E-state index contributed by atoms with van der Waals surface area (Å²) in [6, 6.07) is 10.3. The van der Waals surface area contributed by atoms with Crippen LogP contribution < -0.4 is 14.8 Å². The molecule has 0 aromatic heterocycles. The van der Waals surface area contributed by atoms with Gasteiger partial charge in [-0.05, 0) is 50.1 Å². The topological polar surface area (TPSA) is 39.7 Å². The predicted octanol–water partition coefficient (Wildman–Crippen LogP) is 5.75. The van der Waals surface area contributed by atoms with E-state index >= 15 is 0 Å². The van der Waals surface area contributed by atoms with Crippen molar-refractivity contribution in [1.82, 2.24) is 5.32 Å². The molecule has 0 heterocycles.